The van der Waals surface area contributed by atoms with Crippen LogP contribution in [0, 0.1) is 96.0 Å². The summed E-state index contributed by atoms with van der Waals surface area (Å²) >= 11 is 15.7. The number of thioether (sulfide) groups is 1. The second-order valence-electron chi connectivity index (χ2n) is 18.4. The number of ether oxygens (including phenoxy) is 1. The Bertz CT molecular complexity index is 3410. The number of sulfone groups is 2. The van der Waals surface area contributed by atoms with E-state index in [4.69, 9.17) is 46.1 Å². The van der Waals surface area contributed by atoms with Crippen LogP contribution in [-0.4, -0.2) is 113 Å². The van der Waals surface area contributed by atoms with Crippen LogP contribution in [0.2, 0.25) is 5.02 Å². The van der Waals surface area contributed by atoms with Crippen molar-refractivity contribution in [2.24, 2.45) is 0 Å². The summed E-state index contributed by atoms with van der Waals surface area (Å²) in [5.41, 5.74) is 6.42. The van der Waals surface area contributed by atoms with Gasteiger partial charge in [-0.15, -0.1) is 0 Å². The maximum atomic E-state index is 11.6. The lowest BCUT2D eigenvalue weighted by atomic mass is 10.1. The largest absolute Gasteiger partial charge is 0.456 e. The smallest absolute Gasteiger partial charge is 0.270 e. The van der Waals surface area contributed by atoms with Crippen molar-refractivity contribution in [2.75, 3.05) is 73.8 Å². The molecule has 6 aromatic rings. The molecule has 0 bridgehead atoms. The molecule has 0 aliphatic carbocycles. The van der Waals surface area contributed by atoms with Crippen molar-refractivity contribution < 1.29 is 31.4 Å². The van der Waals surface area contributed by atoms with Gasteiger partial charge in [-0.25, -0.2) is 29.8 Å². The van der Waals surface area contributed by atoms with Gasteiger partial charge in [-0.3, -0.25) is 20.2 Å². The predicted octanol–water partition coefficient (Wildman–Crippen LogP) is 14.4. The van der Waals surface area contributed by atoms with Gasteiger partial charge in [-0.2, -0.15) is 17.0 Å². The van der Waals surface area contributed by atoms with Crippen LogP contribution in [0.15, 0.2) is 143 Å². The van der Waals surface area contributed by atoms with E-state index in [1.165, 1.54) is 63.8 Å². The first-order valence-corrected chi connectivity index (χ1v) is 34.1. The zero-order valence-corrected chi connectivity index (χ0v) is 53.1. The minimum atomic E-state index is -2.98. The highest BCUT2D eigenvalue weighted by molar-refractivity contribution is 8.02. The van der Waals surface area contributed by atoms with E-state index in [9.17, 15) is 42.3 Å². The number of nitro benzene ring substituents is 2. The van der Waals surface area contributed by atoms with E-state index in [-0.39, 0.29) is 46.7 Å². The average Bonchev–Trinajstić information content (AvgIpc) is 3.65. The molecule has 0 saturated carbocycles. The van der Waals surface area contributed by atoms with Crippen LogP contribution in [0.3, 0.4) is 0 Å². The lowest BCUT2D eigenvalue weighted by Gasteiger charge is -2.26. The monoisotopic (exact) mass is 1340 g/mol. The summed E-state index contributed by atoms with van der Waals surface area (Å²) in [6, 6.07) is 35.6. The molecule has 0 spiro atoms. The summed E-state index contributed by atoms with van der Waals surface area (Å²) in [7, 11) is -5.91. The van der Waals surface area contributed by atoms with E-state index in [2.05, 4.69) is 48.5 Å². The quantitative estimate of drug-likeness (QED) is 0.0556. The molecule has 0 atom stereocenters. The molecule has 3 aliphatic heterocycles. The third-order valence-electron chi connectivity index (χ3n) is 11.7. The van der Waals surface area contributed by atoms with Crippen molar-refractivity contribution in [1.29, 1.82) is 5.26 Å². The maximum absolute atomic E-state index is 11.6. The van der Waals surface area contributed by atoms with Gasteiger partial charge in [0, 0.05) is 139 Å². The standard InChI is InChI=1S/C19H20N2O3S2.C18H20N2O2S3.C17H17ClN2O4S3.CH4.3O2/c1-14-9-15(2)11-17(10-14)24-18-4-3-16(13-20)12-19(18)25-21-5-7-26(22,23)8-6-21;1-13-9-14(2)11-16(10-13)24-17-4-3-15(20(21)22)12-18(17)25-19-5-7-23-8-6-19;1-12-8-13(18)10-15(9-12)25-16-3-2-14(20(21)22)11-17(16)26-19-4-6-27(23,24)7-5-19;;3*1-2/h3-4,9-12H,5-8H2,1-2H3;3-4,9-12H,5-8H2,1-2H3;2-3,8-11H,4-7H2,1H3;1H4;;;. The van der Waals surface area contributed by atoms with E-state index >= 15 is 0 Å². The Labute approximate surface area is 524 Å². The van der Waals surface area contributed by atoms with Crippen molar-refractivity contribution in [1.82, 2.24) is 12.9 Å². The highest BCUT2D eigenvalue weighted by atomic mass is 35.5. The summed E-state index contributed by atoms with van der Waals surface area (Å²) in [5.74, 6) is 4.15. The van der Waals surface area contributed by atoms with Crippen LogP contribution in [-0.2, 0) is 19.7 Å². The molecule has 9 rings (SSSR count). The summed E-state index contributed by atoms with van der Waals surface area (Å²) in [6.07, 6.45) is 0. The van der Waals surface area contributed by atoms with E-state index in [1.807, 2.05) is 77.5 Å². The minimum absolute atomic E-state index is 0. The lowest BCUT2D eigenvalue weighted by Crippen LogP contribution is -2.36. The molecule has 3 aliphatic rings. The Morgan fingerprint density at radius 2 is 0.906 bits per heavy atom. The van der Waals surface area contributed by atoms with E-state index < -0.39 is 24.6 Å². The number of hydrogen-bond acceptors (Lipinski definition) is 25. The minimum Gasteiger partial charge on any atom is -0.456 e. The third-order valence-corrected chi connectivity index (χ3v) is 21.9. The second-order valence-corrected chi connectivity index (χ2v) is 30.4. The molecule has 21 nitrogen and oxygen atoms in total. The normalized spacial score (nSPS) is 15.2. The highest BCUT2D eigenvalue weighted by Gasteiger charge is 2.26. The third kappa shape index (κ3) is 24.9. The Morgan fingerprint density at radius 1 is 0.518 bits per heavy atom. The second kappa shape index (κ2) is 36.5. The van der Waals surface area contributed by atoms with Gasteiger partial charge in [0.25, 0.3) is 11.4 Å². The van der Waals surface area contributed by atoms with Crippen LogP contribution >= 0.6 is 82.7 Å². The van der Waals surface area contributed by atoms with Gasteiger partial charge in [0.1, 0.15) is 11.5 Å². The molecule has 0 aromatic heterocycles. The molecule has 85 heavy (non-hydrogen) atoms. The molecular weight excluding hydrogens is 1280 g/mol. The number of non-ortho nitro benzene ring substituents is 2. The molecule has 30 heteroatoms. The number of hydrogen-bond donors (Lipinski definition) is 0. The fourth-order valence-electron chi connectivity index (χ4n) is 8.02. The van der Waals surface area contributed by atoms with Crippen LogP contribution in [0.25, 0.3) is 0 Å². The predicted molar refractivity (Wildman–Crippen MR) is 348 cm³/mol. The van der Waals surface area contributed by atoms with Gasteiger partial charge in [-0.1, -0.05) is 54.7 Å². The van der Waals surface area contributed by atoms with Crippen molar-refractivity contribution in [3.63, 3.8) is 0 Å². The summed E-state index contributed by atoms with van der Waals surface area (Å²) in [6.45, 7) is 13.9. The van der Waals surface area contributed by atoms with Gasteiger partial charge >= 0.3 is 0 Å². The molecule has 0 amide bonds. The first kappa shape index (κ1) is 73.6. The average molecular weight is 1340 g/mol. The zero-order valence-electron chi connectivity index (χ0n) is 45.8. The molecule has 0 unspecified atom stereocenters. The van der Waals surface area contributed by atoms with Gasteiger partial charge in [0.05, 0.1) is 49.4 Å². The fraction of sp³-hybridized carbons (Fsp3) is 0.327. The first-order valence-electron chi connectivity index (χ1n) is 24.9. The Balaban J connectivity index is 0.000000318. The lowest BCUT2D eigenvalue weighted by molar-refractivity contribution is -0.385. The number of nitrogens with zero attached hydrogens (tertiary/aromatic N) is 6. The number of nitriles is 1. The molecule has 0 radical (unpaired) electrons. The van der Waals surface area contributed by atoms with E-state index in [0.717, 1.165) is 76.4 Å². The summed E-state index contributed by atoms with van der Waals surface area (Å²) < 4.78 is 58.8. The number of aryl methyl sites for hydroxylation is 5. The van der Waals surface area contributed by atoms with Crippen LogP contribution < -0.4 is 4.74 Å². The Morgan fingerprint density at radius 3 is 1.32 bits per heavy atom. The fourth-order valence-corrected chi connectivity index (χ4v) is 17.8. The number of rotatable bonds is 14. The van der Waals surface area contributed by atoms with Crippen molar-refractivity contribution in [3.05, 3.63) is 198 Å². The summed E-state index contributed by atoms with van der Waals surface area (Å²) in [5, 5.41) is 32.2. The van der Waals surface area contributed by atoms with Crippen molar-refractivity contribution >= 4 is 114 Å². The van der Waals surface area contributed by atoms with Gasteiger partial charge in [-0.05, 0) is 171 Å². The Kier molecular flexibility index (Phi) is 31.6. The number of halogens is 1. The van der Waals surface area contributed by atoms with Crippen molar-refractivity contribution in [3.8, 4) is 17.6 Å². The highest BCUT2D eigenvalue weighted by Crippen LogP contribution is 2.42. The molecule has 456 valence electrons. The Hall–Kier alpha value is -5.62. The molecule has 6 aromatic carbocycles. The number of benzene rings is 6. The zero-order chi connectivity index (χ0) is 62.1. The van der Waals surface area contributed by atoms with E-state index in [0.29, 0.717) is 42.5 Å². The molecule has 3 fully saturated rings. The number of nitro groups is 2. The van der Waals surface area contributed by atoms with Crippen LogP contribution in [0.4, 0.5) is 11.4 Å². The van der Waals surface area contributed by atoms with E-state index in [1.54, 1.807) is 60.1 Å². The maximum Gasteiger partial charge on any atom is 0.270 e. The topological polar surface area (TPSA) is 300 Å². The molecule has 0 N–H and O–H groups in total. The molecule has 3 saturated heterocycles. The van der Waals surface area contributed by atoms with Gasteiger partial charge in [0.2, 0.25) is 0 Å². The van der Waals surface area contributed by atoms with Crippen molar-refractivity contribution in [2.45, 2.75) is 76.3 Å². The molecular formula is C55H61ClN6O15S8. The first-order chi connectivity index (χ1) is 40.1. The van der Waals surface area contributed by atoms with Crippen LogP contribution in [0.1, 0.15) is 40.8 Å². The molecule has 3 heterocycles. The SMILES string of the molecule is C.Cc1cc(C)cc(Oc2ccc(C#N)cc2SN2CCS(=O)(=O)CC2)c1.Cc1cc(C)cc(Sc2ccc([N+](=O)[O-])cc2SN2CCSCC2)c1.Cc1cc(Cl)cc(Sc2ccc([N+](=O)[O-])cc2SN2CCS(=O)(=O)CC2)c1.O=O.O=O.O=O. The van der Waals surface area contributed by atoms with Gasteiger partial charge in [0.15, 0.2) is 19.7 Å². The summed E-state index contributed by atoms with van der Waals surface area (Å²) in [4.78, 5) is 70.1. The van der Waals surface area contributed by atoms with Crippen LogP contribution in [0.5, 0.6) is 11.5 Å². The van der Waals surface area contributed by atoms with Gasteiger partial charge < -0.3 is 4.74 Å².